The van der Waals surface area contributed by atoms with E-state index in [0.29, 0.717) is 19.5 Å². The number of nitrogens with two attached hydrogens (primary N) is 1. The number of nitrogens with zero attached hydrogens (tertiary/aromatic N) is 1. The monoisotopic (exact) mass is 243 g/mol. The summed E-state index contributed by atoms with van der Waals surface area (Å²) in [5.74, 6) is -0.0445. The van der Waals surface area contributed by atoms with Crippen molar-refractivity contribution >= 4 is 11.8 Å². The molecule has 0 bridgehead atoms. The standard InChI is InChI=1S/C12H25N3O2/c1-9(8-13)15(5)10(16)6-7-14-11(17)12(2,3)4/h9H,6-8,13H2,1-5H3,(H,14,17). The summed E-state index contributed by atoms with van der Waals surface area (Å²) in [7, 11) is 1.73. The second-order valence-electron chi connectivity index (χ2n) is 5.35. The van der Waals surface area contributed by atoms with Crippen molar-refractivity contribution in [3.63, 3.8) is 0 Å². The van der Waals surface area contributed by atoms with E-state index in [1.165, 1.54) is 0 Å². The fourth-order valence-electron chi connectivity index (χ4n) is 1.13. The number of hydrogen-bond acceptors (Lipinski definition) is 3. The van der Waals surface area contributed by atoms with Gasteiger partial charge in [-0.15, -0.1) is 0 Å². The maximum absolute atomic E-state index is 11.7. The molecule has 17 heavy (non-hydrogen) atoms. The Labute approximate surface area is 104 Å². The second-order valence-corrected chi connectivity index (χ2v) is 5.35. The van der Waals surface area contributed by atoms with Crippen LogP contribution in [0, 0.1) is 5.41 Å². The van der Waals surface area contributed by atoms with E-state index in [9.17, 15) is 9.59 Å². The summed E-state index contributed by atoms with van der Waals surface area (Å²) >= 11 is 0. The first-order valence-electron chi connectivity index (χ1n) is 5.94. The van der Waals surface area contributed by atoms with Crippen LogP contribution in [-0.2, 0) is 9.59 Å². The largest absolute Gasteiger partial charge is 0.355 e. The van der Waals surface area contributed by atoms with Crippen LogP contribution in [0.5, 0.6) is 0 Å². The van der Waals surface area contributed by atoms with Crippen LogP contribution in [0.15, 0.2) is 0 Å². The topological polar surface area (TPSA) is 75.4 Å². The summed E-state index contributed by atoms with van der Waals surface area (Å²) in [5.41, 5.74) is 5.06. The molecular weight excluding hydrogens is 218 g/mol. The maximum atomic E-state index is 11.7. The zero-order valence-electron chi connectivity index (χ0n) is 11.5. The highest BCUT2D eigenvalue weighted by molar-refractivity contribution is 5.82. The van der Waals surface area contributed by atoms with Crippen LogP contribution in [0.1, 0.15) is 34.1 Å². The molecule has 0 aliphatic rings. The van der Waals surface area contributed by atoms with E-state index in [0.717, 1.165) is 0 Å². The van der Waals surface area contributed by atoms with Gasteiger partial charge in [0, 0.05) is 38.0 Å². The zero-order chi connectivity index (χ0) is 13.6. The first kappa shape index (κ1) is 15.9. The molecule has 0 aromatic heterocycles. The van der Waals surface area contributed by atoms with Crippen molar-refractivity contribution in [2.75, 3.05) is 20.1 Å². The lowest BCUT2D eigenvalue weighted by Crippen LogP contribution is -2.42. The molecule has 3 N–H and O–H groups in total. The van der Waals surface area contributed by atoms with Crippen LogP contribution in [0.4, 0.5) is 0 Å². The van der Waals surface area contributed by atoms with Crippen LogP contribution < -0.4 is 11.1 Å². The summed E-state index contributed by atoms with van der Waals surface area (Å²) in [6.07, 6.45) is 0.308. The van der Waals surface area contributed by atoms with E-state index < -0.39 is 5.41 Å². The highest BCUT2D eigenvalue weighted by Crippen LogP contribution is 2.12. The Bertz CT molecular complexity index is 271. The summed E-state index contributed by atoms with van der Waals surface area (Å²) in [6.45, 7) is 8.23. The number of likely N-dealkylation sites (N-methyl/N-ethyl adjacent to an activating group) is 1. The van der Waals surface area contributed by atoms with E-state index in [4.69, 9.17) is 5.73 Å². The van der Waals surface area contributed by atoms with Gasteiger partial charge in [0.1, 0.15) is 0 Å². The van der Waals surface area contributed by atoms with Crippen LogP contribution in [0.2, 0.25) is 0 Å². The molecule has 0 saturated carbocycles. The molecule has 0 radical (unpaired) electrons. The quantitative estimate of drug-likeness (QED) is 0.731. The van der Waals surface area contributed by atoms with Gasteiger partial charge in [-0.1, -0.05) is 20.8 Å². The van der Waals surface area contributed by atoms with Gasteiger partial charge in [0.15, 0.2) is 0 Å². The molecule has 0 aromatic rings. The lowest BCUT2D eigenvalue weighted by molar-refractivity contribution is -0.132. The molecule has 5 nitrogen and oxygen atoms in total. The maximum Gasteiger partial charge on any atom is 0.225 e. The van der Waals surface area contributed by atoms with Gasteiger partial charge in [-0.2, -0.15) is 0 Å². The molecule has 1 unspecified atom stereocenters. The minimum Gasteiger partial charge on any atom is -0.355 e. The Balaban J connectivity index is 3.98. The minimum atomic E-state index is -0.417. The average Bonchev–Trinajstić information content (AvgIpc) is 2.25. The van der Waals surface area contributed by atoms with Crippen molar-refractivity contribution in [2.45, 2.75) is 40.2 Å². The Morgan fingerprint density at radius 1 is 1.35 bits per heavy atom. The van der Waals surface area contributed by atoms with Crippen molar-refractivity contribution in [1.82, 2.24) is 10.2 Å². The van der Waals surface area contributed by atoms with Crippen LogP contribution in [0.3, 0.4) is 0 Å². The van der Waals surface area contributed by atoms with E-state index >= 15 is 0 Å². The molecular formula is C12H25N3O2. The first-order valence-corrected chi connectivity index (χ1v) is 5.94. The lowest BCUT2D eigenvalue weighted by Gasteiger charge is -2.24. The highest BCUT2D eigenvalue weighted by atomic mass is 16.2. The Hall–Kier alpha value is -1.10. The van der Waals surface area contributed by atoms with E-state index in [-0.39, 0.29) is 17.9 Å². The first-order chi connectivity index (χ1) is 7.70. The van der Waals surface area contributed by atoms with Gasteiger partial charge in [-0.3, -0.25) is 9.59 Å². The van der Waals surface area contributed by atoms with Gasteiger partial charge in [0.2, 0.25) is 11.8 Å². The van der Waals surface area contributed by atoms with Crippen molar-refractivity contribution in [2.24, 2.45) is 11.1 Å². The zero-order valence-corrected chi connectivity index (χ0v) is 11.5. The number of amides is 2. The van der Waals surface area contributed by atoms with Gasteiger partial charge in [-0.05, 0) is 6.92 Å². The molecule has 0 heterocycles. The van der Waals surface area contributed by atoms with E-state index in [1.807, 2.05) is 27.7 Å². The summed E-state index contributed by atoms with van der Waals surface area (Å²) in [5, 5.41) is 2.75. The molecule has 100 valence electrons. The van der Waals surface area contributed by atoms with Crippen LogP contribution >= 0.6 is 0 Å². The molecule has 0 spiro atoms. The molecule has 5 heteroatoms. The lowest BCUT2D eigenvalue weighted by atomic mass is 9.96. The predicted octanol–water partition coefficient (Wildman–Crippen LogP) is 0.344. The minimum absolute atomic E-state index is 0.00263. The molecule has 0 rings (SSSR count). The van der Waals surface area contributed by atoms with Crippen LogP contribution in [0.25, 0.3) is 0 Å². The van der Waals surface area contributed by atoms with Crippen LogP contribution in [-0.4, -0.2) is 42.9 Å². The molecule has 0 aliphatic heterocycles. The molecule has 0 fully saturated rings. The van der Waals surface area contributed by atoms with Gasteiger partial charge in [0.25, 0.3) is 0 Å². The third-order valence-electron chi connectivity index (χ3n) is 2.70. The summed E-state index contributed by atoms with van der Waals surface area (Å²) in [4.78, 5) is 24.9. The normalized spacial score (nSPS) is 13.1. The number of carbonyl (C=O) groups excluding carboxylic acids is 2. The number of hydrogen-bond donors (Lipinski definition) is 2. The van der Waals surface area contributed by atoms with Gasteiger partial charge in [0.05, 0.1) is 0 Å². The van der Waals surface area contributed by atoms with Crippen molar-refractivity contribution in [3.8, 4) is 0 Å². The predicted molar refractivity (Wildman–Crippen MR) is 68.4 cm³/mol. The van der Waals surface area contributed by atoms with E-state index in [2.05, 4.69) is 5.32 Å². The average molecular weight is 243 g/mol. The third-order valence-corrected chi connectivity index (χ3v) is 2.70. The molecule has 0 saturated heterocycles. The van der Waals surface area contributed by atoms with Crippen molar-refractivity contribution < 1.29 is 9.59 Å². The highest BCUT2D eigenvalue weighted by Gasteiger charge is 2.21. The second kappa shape index (κ2) is 6.59. The van der Waals surface area contributed by atoms with Gasteiger partial charge < -0.3 is 16.0 Å². The molecule has 0 aromatic carbocycles. The fourth-order valence-corrected chi connectivity index (χ4v) is 1.13. The molecule has 0 aliphatic carbocycles. The summed E-state index contributed by atoms with van der Waals surface area (Å²) < 4.78 is 0. The van der Waals surface area contributed by atoms with Crippen molar-refractivity contribution in [3.05, 3.63) is 0 Å². The number of nitrogens with one attached hydrogen (secondary N) is 1. The smallest absolute Gasteiger partial charge is 0.225 e. The number of rotatable bonds is 5. The fraction of sp³-hybridized carbons (Fsp3) is 0.833. The van der Waals surface area contributed by atoms with E-state index in [1.54, 1.807) is 11.9 Å². The molecule has 2 amide bonds. The van der Waals surface area contributed by atoms with Crippen molar-refractivity contribution in [1.29, 1.82) is 0 Å². The molecule has 1 atom stereocenters. The Kier molecular flexibility index (Phi) is 6.16. The van der Waals surface area contributed by atoms with Gasteiger partial charge in [-0.25, -0.2) is 0 Å². The number of carbonyl (C=O) groups is 2. The Morgan fingerprint density at radius 2 is 1.88 bits per heavy atom. The van der Waals surface area contributed by atoms with Gasteiger partial charge >= 0.3 is 0 Å². The Morgan fingerprint density at radius 3 is 2.29 bits per heavy atom. The summed E-state index contributed by atoms with van der Waals surface area (Å²) in [6, 6.07) is 0.0285. The third kappa shape index (κ3) is 5.68. The SMILES string of the molecule is CC(CN)N(C)C(=O)CCNC(=O)C(C)(C)C.